The molecule has 23 heteroatoms. The Balaban J connectivity index is 1.02. The standard InChI is InChI=1S/C52H74N16O7/c1-6-25-73-27-29-75-30-28-74-26-16-55-50-56-51(65-21-17-63(18-22-65)48(71)46(33-39-10-14-41(70)15-11-39)67-34-44(59-61-67)42(53)31-36(3)4)58-52(57-50)66-23-19-64(20-24-66)49(72)47(37(5)7-2)68-35-45(60-62-68)43(54)32-38-8-12-40(69)13-9-38/h1,8-15,34-37,42-43,46-47,69-70H,7,16-33,53-54H2,2-5H3,(H,55,56,57,58)/t37-,42-,43-,46-,47-/m0/s1. The minimum atomic E-state index is -0.699. The van der Waals surface area contributed by atoms with Gasteiger partial charge in [-0.15, -0.1) is 16.6 Å². The van der Waals surface area contributed by atoms with E-state index in [0.29, 0.717) is 140 Å². The van der Waals surface area contributed by atoms with Gasteiger partial charge in [0.2, 0.25) is 29.7 Å². The molecule has 2 fully saturated rings. The molecule has 0 aliphatic carbocycles. The van der Waals surface area contributed by atoms with Crippen LogP contribution in [-0.4, -0.2) is 175 Å². The van der Waals surface area contributed by atoms with Crippen molar-refractivity contribution in [1.82, 2.24) is 54.7 Å². The van der Waals surface area contributed by atoms with Crippen LogP contribution in [-0.2, 0) is 36.6 Å². The Morgan fingerprint density at radius 1 is 0.680 bits per heavy atom. The number of amides is 2. The maximum Gasteiger partial charge on any atom is 0.247 e. The third-order valence-electron chi connectivity index (χ3n) is 13.4. The number of hydrogen-bond donors (Lipinski definition) is 5. The lowest BCUT2D eigenvalue weighted by molar-refractivity contribution is -0.137. The van der Waals surface area contributed by atoms with Gasteiger partial charge in [-0.1, -0.05) is 74.7 Å². The average molecular weight is 1040 g/mol. The van der Waals surface area contributed by atoms with Gasteiger partial charge in [0.15, 0.2) is 0 Å². The molecule has 0 bridgehead atoms. The number of anilines is 3. The molecule has 2 aliphatic heterocycles. The second-order valence-corrected chi connectivity index (χ2v) is 19.5. The molecule has 23 nitrogen and oxygen atoms in total. The van der Waals surface area contributed by atoms with Crippen LogP contribution in [0.3, 0.4) is 0 Å². The molecule has 7 N–H and O–H groups in total. The summed E-state index contributed by atoms with van der Waals surface area (Å²) in [5.74, 6) is 4.19. The summed E-state index contributed by atoms with van der Waals surface area (Å²) in [5.41, 5.74) is 16.1. The number of rotatable bonds is 27. The van der Waals surface area contributed by atoms with E-state index in [-0.39, 0.29) is 41.9 Å². The predicted octanol–water partition coefficient (Wildman–Crippen LogP) is 2.92. The zero-order chi connectivity index (χ0) is 53.3. The Labute approximate surface area is 438 Å². The SMILES string of the molecule is C#CCOCCOCCOCCNc1nc(N2CCN(C(=O)[C@H]([C@@H](C)CC)n3cc([C@@H](N)Cc4ccc(O)cc4)nn3)CC2)nc(N2CCN(C(=O)[C@H](Cc3ccc(O)cc3)n3cc([C@@H](N)CC(C)C)nn3)CC2)n1. The van der Waals surface area contributed by atoms with Crippen molar-refractivity contribution >= 4 is 29.7 Å². The van der Waals surface area contributed by atoms with E-state index in [1.165, 1.54) is 0 Å². The van der Waals surface area contributed by atoms with Crippen molar-refractivity contribution in [3.05, 3.63) is 83.4 Å². The number of carbonyl (C=O) groups excluding carboxylic acids is 2. The van der Waals surface area contributed by atoms with Gasteiger partial charge in [0.25, 0.3) is 0 Å². The summed E-state index contributed by atoms with van der Waals surface area (Å²) in [5, 5.41) is 40.6. The maximum absolute atomic E-state index is 14.5. The number of benzene rings is 2. The predicted molar refractivity (Wildman–Crippen MR) is 282 cm³/mol. The Hall–Kier alpha value is -6.97. The van der Waals surface area contributed by atoms with E-state index in [1.54, 1.807) is 58.2 Å². The first-order valence-electron chi connectivity index (χ1n) is 25.9. The van der Waals surface area contributed by atoms with Crippen molar-refractivity contribution in [2.45, 2.75) is 77.5 Å². The highest BCUT2D eigenvalue weighted by Crippen LogP contribution is 2.28. The van der Waals surface area contributed by atoms with Crippen LogP contribution in [0.4, 0.5) is 17.8 Å². The quantitative estimate of drug-likeness (QED) is 0.0373. The van der Waals surface area contributed by atoms with Crippen molar-refractivity contribution in [2.75, 3.05) is 114 Å². The smallest absolute Gasteiger partial charge is 0.247 e. The van der Waals surface area contributed by atoms with Gasteiger partial charge in [-0.2, -0.15) is 15.0 Å². The molecule has 0 spiro atoms. The van der Waals surface area contributed by atoms with E-state index in [4.69, 9.17) is 47.1 Å². The molecule has 75 heavy (non-hydrogen) atoms. The molecule has 0 radical (unpaired) electrons. The molecule has 5 aromatic rings. The second-order valence-electron chi connectivity index (χ2n) is 19.5. The highest BCUT2D eigenvalue weighted by atomic mass is 16.5. The molecule has 0 unspecified atom stereocenters. The van der Waals surface area contributed by atoms with Gasteiger partial charge in [-0.05, 0) is 60.1 Å². The number of ether oxygens (including phenoxy) is 3. The minimum absolute atomic E-state index is 0.0386. The summed E-state index contributed by atoms with van der Waals surface area (Å²) in [6, 6.07) is 11.7. The summed E-state index contributed by atoms with van der Waals surface area (Å²) in [4.78, 5) is 51.5. The number of hydrogen-bond acceptors (Lipinski definition) is 19. The number of terminal acetylenes is 1. The topological polar surface area (TPSA) is 279 Å². The molecule has 2 aromatic carbocycles. The van der Waals surface area contributed by atoms with Crippen LogP contribution in [0.25, 0.3) is 0 Å². The van der Waals surface area contributed by atoms with Crippen LogP contribution in [0.5, 0.6) is 11.5 Å². The lowest BCUT2D eigenvalue weighted by atomic mass is 9.97. The molecular weight excluding hydrogens is 961 g/mol. The monoisotopic (exact) mass is 1030 g/mol. The summed E-state index contributed by atoms with van der Waals surface area (Å²) < 4.78 is 19.9. The molecule has 5 heterocycles. The van der Waals surface area contributed by atoms with Crippen molar-refractivity contribution in [1.29, 1.82) is 0 Å². The fourth-order valence-corrected chi connectivity index (χ4v) is 8.99. The van der Waals surface area contributed by atoms with E-state index in [1.807, 2.05) is 33.8 Å². The number of phenols is 2. The van der Waals surface area contributed by atoms with Crippen molar-refractivity contribution < 1.29 is 34.0 Å². The van der Waals surface area contributed by atoms with Crippen molar-refractivity contribution in [2.24, 2.45) is 23.3 Å². The third kappa shape index (κ3) is 15.8. The summed E-state index contributed by atoms with van der Waals surface area (Å²) in [7, 11) is 0. The van der Waals surface area contributed by atoms with Gasteiger partial charge >= 0.3 is 0 Å². The zero-order valence-electron chi connectivity index (χ0n) is 43.7. The second kappa shape index (κ2) is 27.5. The van der Waals surface area contributed by atoms with E-state index in [9.17, 15) is 19.8 Å². The molecule has 404 valence electrons. The van der Waals surface area contributed by atoms with E-state index in [2.05, 4.69) is 57.5 Å². The fraction of sp³-hybridized carbons (Fsp3) is 0.558. The number of phenolic OH excluding ortho intramolecular Hbond substituents is 2. The van der Waals surface area contributed by atoms with Crippen LogP contribution in [0, 0.1) is 24.2 Å². The van der Waals surface area contributed by atoms with Crippen LogP contribution in [0.1, 0.15) is 87.2 Å². The first-order chi connectivity index (χ1) is 36.3. The Kier molecular flexibility index (Phi) is 20.5. The van der Waals surface area contributed by atoms with Crippen LogP contribution >= 0.6 is 0 Å². The molecule has 2 amide bonds. The van der Waals surface area contributed by atoms with E-state index < -0.39 is 18.1 Å². The van der Waals surface area contributed by atoms with Crippen molar-refractivity contribution in [3.8, 4) is 23.8 Å². The van der Waals surface area contributed by atoms with Crippen molar-refractivity contribution in [3.63, 3.8) is 0 Å². The molecule has 3 aromatic heterocycles. The Bertz CT molecular complexity index is 2590. The number of nitrogens with one attached hydrogen (secondary N) is 1. The molecule has 2 saturated heterocycles. The van der Waals surface area contributed by atoms with E-state index >= 15 is 0 Å². The number of aromatic hydroxyl groups is 2. The average Bonchev–Trinajstić information content (AvgIpc) is 4.12. The summed E-state index contributed by atoms with van der Waals surface area (Å²) >= 11 is 0. The minimum Gasteiger partial charge on any atom is -0.508 e. The zero-order valence-corrected chi connectivity index (χ0v) is 43.7. The van der Waals surface area contributed by atoms with Gasteiger partial charge < -0.3 is 60.8 Å². The fourth-order valence-electron chi connectivity index (χ4n) is 8.99. The van der Waals surface area contributed by atoms with Gasteiger partial charge in [0.05, 0.1) is 68.9 Å². The number of carbonyl (C=O) groups is 2. The van der Waals surface area contributed by atoms with Gasteiger partial charge in [-0.3, -0.25) is 9.59 Å². The van der Waals surface area contributed by atoms with Crippen LogP contribution in [0.15, 0.2) is 60.9 Å². The van der Waals surface area contributed by atoms with Gasteiger partial charge in [0, 0.05) is 65.3 Å². The molecule has 5 atom stereocenters. The number of piperazine rings is 2. The maximum atomic E-state index is 14.5. The van der Waals surface area contributed by atoms with Crippen LogP contribution in [0.2, 0.25) is 0 Å². The normalized spacial score (nSPS) is 16.1. The Morgan fingerprint density at radius 2 is 1.19 bits per heavy atom. The molecular formula is C52H74N16O7. The highest BCUT2D eigenvalue weighted by Gasteiger charge is 2.35. The van der Waals surface area contributed by atoms with E-state index in [0.717, 1.165) is 24.0 Å². The van der Waals surface area contributed by atoms with Crippen LogP contribution < -0.4 is 26.6 Å². The highest BCUT2D eigenvalue weighted by molar-refractivity contribution is 5.81. The largest absolute Gasteiger partial charge is 0.508 e. The number of nitrogens with two attached hydrogens (primary N) is 2. The van der Waals surface area contributed by atoms with Gasteiger partial charge in [-0.25, -0.2) is 9.36 Å². The first-order valence-corrected chi connectivity index (χ1v) is 25.9. The molecule has 0 saturated carbocycles. The number of nitrogens with zero attached hydrogens (tertiary/aromatic N) is 13. The first kappa shape index (κ1) is 55.8. The molecule has 2 aliphatic rings. The Morgan fingerprint density at radius 3 is 1.75 bits per heavy atom. The number of aromatic nitrogens is 9. The molecule has 7 rings (SSSR count). The lowest BCUT2D eigenvalue weighted by Gasteiger charge is -2.38. The lowest BCUT2D eigenvalue weighted by Crippen LogP contribution is -2.52. The third-order valence-corrected chi connectivity index (χ3v) is 13.4. The van der Waals surface area contributed by atoms with Gasteiger partial charge in [0.1, 0.15) is 30.2 Å². The summed E-state index contributed by atoms with van der Waals surface area (Å²) in [6.45, 7) is 14.4. The summed E-state index contributed by atoms with van der Waals surface area (Å²) in [6.07, 6.45) is 11.1.